The Kier molecular flexibility index (Phi) is 4.22. The Morgan fingerprint density at radius 3 is 2.67 bits per heavy atom. The summed E-state index contributed by atoms with van der Waals surface area (Å²) in [7, 11) is 0. The van der Waals surface area contributed by atoms with E-state index < -0.39 is 0 Å². The first-order valence-electron chi connectivity index (χ1n) is 7.85. The van der Waals surface area contributed by atoms with Crippen molar-refractivity contribution in [2.75, 3.05) is 19.8 Å². The van der Waals surface area contributed by atoms with Crippen molar-refractivity contribution < 1.29 is 9.47 Å². The molecular weight excluding hydrogens is 226 g/mol. The van der Waals surface area contributed by atoms with Gasteiger partial charge in [-0.3, -0.25) is 0 Å². The Bertz CT molecular complexity index is 257. The predicted octanol–water partition coefficient (Wildman–Crippen LogP) is 2.64. The molecule has 2 saturated heterocycles. The first-order valence-corrected chi connectivity index (χ1v) is 7.85. The van der Waals surface area contributed by atoms with Crippen molar-refractivity contribution in [3.8, 4) is 0 Å². The summed E-state index contributed by atoms with van der Waals surface area (Å²) in [6.45, 7) is 2.95. The van der Waals surface area contributed by atoms with Crippen molar-refractivity contribution in [1.82, 2.24) is 5.32 Å². The maximum absolute atomic E-state index is 6.08. The van der Waals surface area contributed by atoms with Crippen molar-refractivity contribution in [2.24, 2.45) is 0 Å². The first kappa shape index (κ1) is 12.9. The molecule has 1 N–H and O–H groups in total. The van der Waals surface area contributed by atoms with Gasteiger partial charge in [0.05, 0.1) is 11.7 Å². The van der Waals surface area contributed by atoms with Crippen molar-refractivity contribution in [3.63, 3.8) is 0 Å². The molecule has 0 aromatic carbocycles. The topological polar surface area (TPSA) is 30.5 Å². The zero-order chi connectivity index (χ0) is 12.3. The van der Waals surface area contributed by atoms with Gasteiger partial charge in [-0.05, 0) is 44.9 Å². The van der Waals surface area contributed by atoms with E-state index in [0.29, 0.717) is 12.1 Å². The molecule has 2 aliphatic heterocycles. The summed E-state index contributed by atoms with van der Waals surface area (Å²) in [6, 6.07) is 0.655. The lowest BCUT2D eigenvalue weighted by Crippen LogP contribution is -2.47. The average molecular weight is 253 g/mol. The Balaban J connectivity index is 1.44. The number of hydrogen-bond donors (Lipinski definition) is 1. The molecule has 0 aromatic rings. The van der Waals surface area contributed by atoms with Gasteiger partial charge in [0.1, 0.15) is 0 Å². The van der Waals surface area contributed by atoms with Crippen LogP contribution in [-0.2, 0) is 9.47 Å². The molecule has 2 atom stereocenters. The van der Waals surface area contributed by atoms with E-state index in [1.807, 2.05) is 0 Å². The van der Waals surface area contributed by atoms with Gasteiger partial charge in [-0.1, -0.05) is 12.8 Å². The third-order valence-electron chi connectivity index (χ3n) is 4.92. The van der Waals surface area contributed by atoms with Gasteiger partial charge in [0, 0.05) is 25.8 Å². The van der Waals surface area contributed by atoms with E-state index in [9.17, 15) is 0 Å². The molecule has 3 rings (SSSR count). The summed E-state index contributed by atoms with van der Waals surface area (Å²) in [5.41, 5.74) is 0.239. The van der Waals surface area contributed by atoms with Crippen LogP contribution in [0, 0.1) is 0 Å². The van der Waals surface area contributed by atoms with Crippen LogP contribution in [0.5, 0.6) is 0 Å². The van der Waals surface area contributed by atoms with Crippen molar-refractivity contribution in [2.45, 2.75) is 75.5 Å². The van der Waals surface area contributed by atoms with E-state index in [1.54, 1.807) is 0 Å². The third kappa shape index (κ3) is 3.06. The van der Waals surface area contributed by atoms with Gasteiger partial charge >= 0.3 is 0 Å². The van der Waals surface area contributed by atoms with E-state index >= 15 is 0 Å². The Labute approximate surface area is 111 Å². The Morgan fingerprint density at radius 1 is 1.00 bits per heavy atom. The molecule has 3 heteroatoms. The summed E-state index contributed by atoms with van der Waals surface area (Å²) in [5, 5.41) is 3.74. The lowest BCUT2D eigenvalue weighted by Gasteiger charge is -2.39. The fourth-order valence-corrected chi connectivity index (χ4v) is 3.84. The quantitative estimate of drug-likeness (QED) is 0.838. The van der Waals surface area contributed by atoms with Crippen LogP contribution in [0.2, 0.25) is 0 Å². The number of ether oxygens (including phenoxy) is 2. The summed E-state index contributed by atoms with van der Waals surface area (Å²) < 4.78 is 11.9. The van der Waals surface area contributed by atoms with Gasteiger partial charge in [0.2, 0.25) is 0 Å². The number of rotatable bonds is 3. The molecule has 3 aliphatic rings. The van der Waals surface area contributed by atoms with E-state index in [2.05, 4.69) is 5.32 Å². The van der Waals surface area contributed by atoms with Gasteiger partial charge in [0.15, 0.2) is 0 Å². The molecule has 3 fully saturated rings. The SMILES string of the molecule is C1CCC(CNC2CCOC3(CCCC3)C2)OC1. The molecule has 1 spiro atoms. The summed E-state index contributed by atoms with van der Waals surface area (Å²) in [6.07, 6.45) is 12.0. The molecule has 3 nitrogen and oxygen atoms in total. The van der Waals surface area contributed by atoms with Gasteiger partial charge in [0.25, 0.3) is 0 Å². The lowest BCUT2D eigenvalue weighted by atomic mass is 9.89. The molecule has 0 amide bonds. The highest BCUT2D eigenvalue weighted by Crippen LogP contribution is 2.39. The normalized spacial score (nSPS) is 36.0. The van der Waals surface area contributed by atoms with Gasteiger partial charge < -0.3 is 14.8 Å². The van der Waals surface area contributed by atoms with Crippen LogP contribution in [0.4, 0.5) is 0 Å². The number of nitrogens with one attached hydrogen (secondary N) is 1. The maximum atomic E-state index is 6.08. The molecule has 104 valence electrons. The lowest BCUT2D eigenvalue weighted by molar-refractivity contribution is -0.0855. The van der Waals surface area contributed by atoms with E-state index in [0.717, 1.165) is 19.8 Å². The van der Waals surface area contributed by atoms with Crippen LogP contribution in [0.3, 0.4) is 0 Å². The van der Waals surface area contributed by atoms with Gasteiger partial charge in [-0.2, -0.15) is 0 Å². The highest BCUT2D eigenvalue weighted by molar-refractivity contribution is 4.93. The molecule has 2 unspecified atom stereocenters. The largest absolute Gasteiger partial charge is 0.377 e. The first-order chi connectivity index (χ1) is 8.86. The van der Waals surface area contributed by atoms with Gasteiger partial charge in [-0.25, -0.2) is 0 Å². The van der Waals surface area contributed by atoms with Crippen molar-refractivity contribution in [1.29, 1.82) is 0 Å². The third-order valence-corrected chi connectivity index (χ3v) is 4.92. The van der Waals surface area contributed by atoms with Crippen molar-refractivity contribution in [3.05, 3.63) is 0 Å². The van der Waals surface area contributed by atoms with Crippen LogP contribution in [0.25, 0.3) is 0 Å². The molecule has 2 heterocycles. The van der Waals surface area contributed by atoms with E-state index in [-0.39, 0.29) is 5.60 Å². The maximum Gasteiger partial charge on any atom is 0.0699 e. The summed E-state index contributed by atoms with van der Waals surface area (Å²) >= 11 is 0. The minimum atomic E-state index is 0.239. The van der Waals surface area contributed by atoms with E-state index in [4.69, 9.17) is 9.47 Å². The fraction of sp³-hybridized carbons (Fsp3) is 1.00. The van der Waals surface area contributed by atoms with Crippen LogP contribution in [-0.4, -0.2) is 37.5 Å². The van der Waals surface area contributed by atoms with Crippen LogP contribution < -0.4 is 5.32 Å². The monoisotopic (exact) mass is 253 g/mol. The minimum Gasteiger partial charge on any atom is -0.377 e. The zero-order valence-electron chi connectivity index (χ0n) is 11.5. The van der Waals surface area contributed by atoms with Crippen LogP contribution in [0.1, 0.15) is 57.8 Å². The molecule has 0 radical (unpaired) electrons. The average Bonchev–Trinajstić information content (AvgIpc) is 2.86. The highest BCUT2D eigenvalue weighted by Gasteiger charge is 2.39. The second kappa shape index (κ2) is 5.89. The molecular formula is C15H27NO2. The van der Waals surface area contributed by atoms with Crippen LogP contribution >= 0.6 is 0 Å². The number of hydrogen-bond acceptors (Lipinski definition) is 3. The fourth-order valence-electron chi connectivity index (χ4n) is 3.84. The summed E-state index contributed by atoms with van der Waals surface area (Å²) in [4.78, 5) is 0. The molecule has 0 aromatic heterocycles. The summed E-state index contributed by atoms with van der Waals surface area (Å²) in [5.74, 6) is 0. The minimum absolute atomic E-state index is 0.239. The van der Waals surface area contributed by atoms with E-state index in [1.165, 1.54) is 57.8 Å². The van der Waals surface area contributed by atoms with Gasteiger partial charge in [-0.15, -0.1) is 0 Å². The van der Waals surface area contributed by atoms with Crippen molar-refractivity contribution >= 4 is 0 Å². The Hall–Kier alpha value is -0.120. The second-order valence-corrected chi connectivity index (χ2v) is 6.33. The highest BCUT2D eigenvalue weighted by atomic mass is 16.5. The molecule has 1 aliphatic carbocycles. The molecule has 1 saturated carbocycles. The molecule has 18 heavy (non-hydrogen) atoms. The molecule has 0 bridgehead atoms. The second-order valence-electron chi connectivity index (χ2n) is 6.33. The smallest absolute Gasteiger partial charge is 0.0699 e. The Morgan fingerprint density at radius 2 is 1.89 bits per heavy atom. The predicted molar refractivity (Wildman–Crippen MR) is 71.8 cm³/mol. The van der Waals surface area contributed by atoms with Crippen LogP contribution in [0.15, 0.2) is 0 Å². The standard InChI is InChI=1S/C15H27NO2/c1-4-9-17-14(5-1)12-16-13-6-10-18-15(11-13)7-2-3-8-15/h13-14,16H,1-12H2. The zero-order valence-corrected chi connectivity index (χ0v) is 11.5.